The van der Waals surface area contributed by atoms with Crippen LogP contribution in [0.3, 0.4) is 0 Å². The van der Waals surface area contributed by atoms with Gasteiger partial charge in [0.2, 0.25) is 5.91 Å². The second-order valence-corrected chi connectivity index (χ2v) is 4.64. The lowest BCUT2D eigenvalue weighted by molar-refractivity contribution is -0.124. The molecule has 2 N–H and O–H groups in total. The zero-order valence-electron chi connectivity index (χ0n) is 10.1. The molecule has 0 fully saturated rings. The number of carbonyl (C=O) groups excluding carboxylic acids is 1. The van der Waals surface area contributed by atoms with Crippen LogP contribution in [-0.4, -0.2) is 11.0 Å². The van der Waals surface area contributed by atoms with Crippen LogP contribution in [-0.2, 0) is 4.79 Å². The van der Waals surface area contributed by atoms with E-state index in [4.69, 9.17) is 0 Å². The van der Waals surface area contributed by atoms with Gasteiger partial charge in [-0.1, -0.05) is 33.3 Å². The van der Waals surface area contributed by atoms with Crippen LogP contribution in [0.25, 0.3) is 0 Å². The van der Waals surface area contributed by atoms with Crippen LogP contribution in [0.4, 0.5) is 5.69 Å². The van der Waals surface area contributed by atoms with Gasteiger partial charge < -0.3 is 10.4 Å². The Kier molecular flexibility index (Phi) is 3.93. The summed E-state index contributed by atoms with van der Waals surface area (Å²) in [6, 6.07) is 6.59. The van der Waals surface area contributed by atoms with E-state index in [1.54, 1.807) is 24.3 Å². The third-order valence-corrected chi connectivity index (χ3v) is 2.59. The SMILES string of the molecule is CCCC(C)(C)C(=O)Nc1cccc(O)c1. The number of carbonyl (C=O) groups is 1. The number of phenolic OH excluding ortho intramolecular Hbond substituents is 1. The van der Waals surface area contributed by atoms with Crippen molar-refractivity contribution < 1.29 is 9.90 Å². The quantitative estimate of drug-likeness (QED) is 0.820. The molecule has 0 radical (unpaired) electrons. The Hall–Kier alpha value is -1.51. The number of hydrogen-bond acceptors (Lipinski definition) is 2. The van der Waals surface area contributed by atoms with Gasteiger partial charge in [-0.15, -0.1) is 0 Å². The first-order valence-corrected chi connectivity index (χ1v) is 5.56. The molecule has 0 aliphatic rings. The van der Waals surface area contributed by atoms with Crippen LogP contribution in [0, 0.1) is 5.41 Å². The Labute approximate surface area is 96.5 Å². The van der Waals surface area contributed by atoms with E-state index in [0.29, 0.717) is 5.69 Å². The Balaban J connectivity index is 2.71. The minimum absolute atomic E-state index is 0.0139. The van der Waals surface area contributed by atoms with Crippen molar-refractivity contribution in [2.24, 2.45) is 5.41 Å². The van der Waals surface area contributed by atoms with Gasteiger partial charge in [0.25, 0.3) is 0 Å². The molecule has 1 aromatic rings. The van der Waals surface area contributed by atoms with Crippen molar-refractivity contribution in [3.05, 3.63) is 24.3 Å². The number of anilines is 1. The number of rotatable bonds is 4. The molecule has 0 unspecified atom stereocenters. The number of amides is 1. The number of benzene rings is 1. The molecule has 16 heavy (non-hydrogen) atoms. The number of nitrogens with one attached hydrogen (secondary N) is 1. The summed E-state index contributed by atoms with van der Waals surface area (Å²) in [6.07, 6.45) is 1.82. The van der Waals surface area contributed by atoms with E-state index in [2.05, 4.69) is 12.2 Å². The van der Waals surface area contributed by atoms with Gasteiger partial charge in [0.1, 0.15) is 5.75 Å². The van der Waals surface area contributed by atoms with Gasteiger partial charge >= 0.3 is 0 Å². The van der Waals surface area contributed by atoms with Gasteiger partial charge in [-0.25, -0.2) is 0 Å². The molecule has 3 nitrogen and oxygen atoms in total. The second-order valence-electron chi connectivity index (χ2n) is 4.64. The summed E-state index contributed by atoms with van der Waals surface area (Å²) < 4.78 is 0. The largest absolute Gasteiger partial charge is 0.508 e. The highest BCUT2D eigenvalue weighted by Gasteiger charge is 2.26. The van der Waals surface area contributed by atoms with E-state index in [1.165, 1.54) is 0 Å². The molecule has 0 aliphatic carbocycles. The standard InChI is InChI=1S/C13H19NO2/c1-4-8-13(2,3)12(16)14-10-6-5-7-11(15)9-10/h5-7,9,15H,4,8H2,1-3H3,(H,14,16). The molecular formula is C13H19NO2. The Bertz CT molecular complexity index is 372. The van der Waals surface area contributed by atoms with E-state index < -0.39 is 0 Å². The predicted molar refractivity (Wildman–Crippen MR) is 65.4 cm³/mol. The molecule has 0 spiro atoms. The normalized spacial score (nSPS) is 11.2. The first kappa shape index (κ1) is 12.6. The Morgan fingerprint density at radius 1 is 1.44 bits per heavy atom. The van der Waals surface area contributed by atoms with Crippen LogP contribution >= 0.6 is 0 Å². The lowest BCUT2D eigenvalue weighted by Crippen LogP contribution is -2.30. The molecule has 0 atom stereocenters. The first-order valence-electron chi connectivity index (χ1n) is 5.56. The number of phenols is 1. The summed E-state index contributed by atoms with van der Waals surface area (Å²) >= 11 is 0. The van der Waals surface area contributed by atoms with Crippen LogP contribution in [0.5, 0.6) is 5.75 Å². The van der Waals surface area contributed by atoms with E-state index in [1.807, 2.05) is 13.8 Å². The summed E-state index contributed by atoms with van der Waals surface area (Å²) in [5.41, 5.74) is 0.259. The van der Waals surface area contributed by atoms with Crippen molar-refractivity contribution in [3.8, 4) is 5.75 Å². The average Bonchev–Trinajstić information content (AvgIpc) is 2.17. The fraction of sp³-hybridized carbons (Fsp3) is 0.462. The molecule has 0 bridgehead atoms. The van der Waals surface area contributed by atoms with E-state index >= 15 is 0 Å². The van der Waals surface area contributed by atoms with E-state index in [-0.39, 0.29) is 17.1 Å². The first-order chi connectivity index (χ1) is 7.45. The number of hydrogen-bond donors (Lipinski definition) is 2. The minimum atomic E-state index is -0.375. The third-order valence-electron chi connectivity index (χ3n) is 2.59. The van der Waals surface area contributed by atoms with Gasteiger partial charge in [-0.3, -0.25) is 4.79 Å². The minimum Gasteiger partial charge on any atom is -0.508 e. The van der Waals surface area contributed by atoms with Gasteiger partial charge in [-0.2, -0.15) is 0 Å². The fourth-order valence-electron chi connectivity index (χ4n) is 1.62. The van der Waals surface area contributed by atoms with Crippen molar-refractivity contribution in [1.29, 1.82) is 0 Å². The summed E-state index contributed by atoms with van der Waals surface area (Å²) in [5, 5.41) is 12.1. The topological polar surface area (TPSA) is 49.3 Å². The van der Waals surface area contributed by atoms with Crippen LogP contribution in [0.2, 0.25) is 0 Å². The summed E-state index contributed by atoms with van der Waals surface area (Å²) in [6.45, 7) is 5.91. The van der Waals surface area contributed by atoms with Crippen molar-refractivity contribution in [2.75, 3.05) is 5.32 Å². The highest BCUT2D eigenvalue weighted by Crippen LogP contribution is 2.25. The Morgan fingerprint density at radius 2 is 2.12 bits per heavy atom. The fourth-order valence-corrected chi connectivity index (χ4v) is 1.62. The molecule has 0 heterocycles. The maximum absolute atomic E-state index is 11.9. The van der Waals surface area contributed by atoms with Crippen molar-refractivity contribution in [2.45, 2.75) is 33.6 Å². The molecule has 1 rings (SSSR count). The van der Waals surface area contributed by atoms with Crippen molar-refractivity contribution in [3.63, 3.8) is 0 Å². The molecular weight excluding hydrogens is 202 g/mol. The summed E-state index contributed by atoms with van der Waals surface area (Å²) in [7, 11) is 0. The highest BCUT2D eigenvalue weighted by atomic mass is 16.3. The average molecular weight is 221 g/mol. The third kappa shape index (κ3) is 3.26. The van der Waals surface area contributed by atoms with E-state index in [9.17, 15) is 9.90 Å². The molecule has 88 valence electrons. The molecule has 0 aliphatic heterocycles. The van der Waals surface area contributed by atoms with E-state index in [0.717, 1.165) is 12.8 Å². The molecule has 1 aromatic carbocycles. The monoisotopic (exact) mass is 221 g/mol. The molecule has 3 heteroatoms. The predicted octanol–water partition coefficient (Wildman–Crippen LogP) is 3.16. The van der Waals surface area contributed by atoms with Crippen LogP contribution < -0.4 is 5.32 Å². The maximum atomic E-state index is 11.9. The van der Waals surface area contributed by atoms with Gasteiger partial charge in [0.05, 0.1) is 0 Å². The number of aromatic hydroxyl groups is 1. The summed E-state index contributed by atoms with van der Waals surface area (Å²) in [5.74, 6) is 0.144. The highest BCUT2D eigenvalue weighted by molar-refractivity contribution is 5.94. The molecule has 0 aromatic heterocycles. The van der Waals surface area contributed by atoms with Gasteiger partial charge in [-0.05, 0) is 18.6 Å². The maximum Gasteiger partial charge on any atom is 0.230 e. The van der Waals surface area contributed by atoms with Gasteiger partial charge in [0.15, 0.2) is 0 Å². The van der Waals surface area contributed by atoms with Crippen LogP contribution in [0.15, 0.2) is 24.3 Å². The van der Waals surface area contributed by atoms with Crippen LogP contribution in [0.1, 0.15) is 33.6 Å². The van der Waals surface area contributed by atoms with Gasteiger partial charge in [0, 0.05) is 17.2 Å². The zero-order chi connectivity index (χ0) is 12.2. The lowest BCUT2D eigenvalue weighted by atomic mass is 9.87. The smallest absolute Gasteiger partial charge is 0.230 e. The van der Waals surface area contributed by atoms with Crippen molar-refractivity contribution >= 4 is 11.6 Å². The molecule has 1 amide bonds. The molecule has 0 saturated heterocycles. The second kappa shape index (κ2) is 5.01. The molecule has 0 saturated carbocycles. The Morgan fingerprint density at radius 3 is 2.69 bits per heavy atom. The van der Waals surface area contributed by atoms with Crippen molar-refractivity contribution in [1.82, 2.24) is 0 Å². The lowest BCUT2D eigenvalue weighted by Gasteiger charge is -2.22. The zero-order valence-corrected chi connectivity index (χ0v) is 10.1. The summed E-state index contributed by atoms with van der Waals surface area (Å²) in [4.78, 5) is 11.9.